The molecular formula is C14H20Cl2N2O. The molecule has 106 valence electrons. The van der Waals surface area contributed by atoms with Crippen molar-refractivity contribution < 1.29 is 4.74 Å². The molecule has 0 unspecified atom stereocenters. The normalized spacial score (nSPS) is 17.6. The summed E-state index contributed by atoms with van der Waals surface area (Å²) >= 11 is 11.9. The van der Waals surface area contributed by atoms with Crippen molar-refractivity contribution in [2.24, 2.45) is 0 Å². The number of piperidine rings is 1. The summed E-state index contributed by atoms with van der Waals surface area (Å²) in [5, 5.41) is 4.53. The highest BCUT2D eigenvalue weighted by Gasteiger charge is 2.17. The second-order valence-corrected chi connectivity index (χ2v) is 5.67. The van der Waals surface area contributed by atoms with E-state index in [1.165, 1.54) is 12.8 Å². The Balaban J connectivity index is 1.72. The Morgan fingerprint density at radius 3 is 2.68 bits per heavy atom. The van der Waals surface area contributed by atoms with E-state index < -0.39 is 0 Å². The molecule has 0 aromatic heterocycles. The highest BCUT2D eigenvalue weighted by atomic mass is 35.5. The number of benzene rings is 1. The Kier molecular flexibility index (Phi) is 5.76. The Bertz CT molecular complexity index is 406. The summed E-state index contributed by atoms with van der Waals surface area (Å²) in [7, 11) is 2.03. The Hall–Kier alpha value is -0.480. The lowest BCUT2D eigenvalue weighted by molar-refractivity contribution is 0.167. The zero-order valence-corrected chi connectivity index (χ0v) is 12.7. The van der Waals surface area contributed by atoms with Gasteiger partial charge in [-0.15, -0.1) is 0 Å². The van der Waals surface area contributed by atoms with E-state index in [1.807, 2.05) is 13.1 Å². The van der Waals surface area contributed by atoms with Crippen molar-refractivity contribution in [3.05, 3.63) is 28.2 Å². The van der Waals surface area contributed by atoms with Gasteiger partial charge in [0.25, 0.3) is 0 Å². The van der Waals surface area contributed by atoms with E-state index in [9.17, 15) is 0 Å². The number of likely N-dealkylation sites (tertiary alicyclic amines) is 1. The standard InChI is InChI=1S/C14H20Cl2N2O/c1-17-12-4-6-18(7-5-12)8-9-19-14-3-2-11(15)10-13(14)16/h2-3,10,12,17H,4-9H2,1H3. The van der Waals surface area contributed by atoms with E-state index >= 15 is 0 Å². The van der Waals surface area contributed by atoms with E-state index in [-0.39, 0.29) is 0 Å². The number of hydrogen-bond acceptors (Lipinski definition) is 3. The predicted molar refractivity (Wildman–Crippen MR) is 80.5 cm³/mol. The molecule has 3 nitrogen and oxygen atoms in total. The van der Waals surface area contributed by atoms with Crippen molar-refractivity contribution in [1.82, 2.24) is 10.2 Å². The average Bonchev–Trinajstić information content (AvgIpc) is 2.42. The minimum atomic E-state index is 0.571. The SMILES string of the molecule is CNC1CCN(CCOc2ccc(Cl)cc2Cl)CC1. The second-order valence-electron chi connectivity index (χ2n) is 4.83. The maximum Gasteiger partial charge on any atom is 0.138 e. The second kappa shape index (κ2) is 7.34. The summed E-state index contributed by atoms with van der Waals surface area (Å²) in [4.78, 5) is 2.43. The molecule has 0 radical (unpaired) electrons. The maximum absolute atomic E-state index is 6.06. The van der Waals surface area contributed by atoms with Crippen LogP contribution in [0.4, 0.5) is 0 Å². The van der Waals surface area contributed by atoms with Gasteiger partial charge in [-0.1, -0.05) is 23.2 Å². The van der Waals surface area contributed by atoms with Gasteiger partial charge in [-0.05, 0) is 51.2 Å². The van der Waals surface area contributed by atoms with Crippen molar-refractivity contribution in [3.63, 3.8) is 0 Å². The fraction of sp³-hybridized carbons (Fsp3) is 0.571. The number of nitrogens with zero attached hydrogens (tertiary/aromatic N) is 1. The Morgan fingerprint density at radius 2 is 2.05 bits per heavy atom. The Morgan fingerprint density at radius 1 is 1.32 bits per heavy atom. The van der Waals surface area contributed by atoms with Crippen molar-refractivity contribution in [2.45, 2.75) is 18.9 Å². The summed E-state index contributed by atoms with van der Waals surface area (Å²) in [6.45, 7) is 3.85. The molecule has 1 aromatic carbocycles. The lowest BCUT2D eigenvalue weighted by atomic mass is 10.1. The number of hydrogen-bond donors (Lipinski definition) is 1. The van der Waals surface area contributed by atoms with E-state index in [4.69, 9.17) is 27.9 Å². The van der Waals surface area contributed by atoms with Gasteiger partial charge in [0.1, 0.15) is 12.4 Å². The molecule has 0 aliphatic carbocycles. The van der Waals surface area contributed by atoms with Gasteiger partial charge in [0.05, 0.1) is 5.02 Å². The van der Waals surface area contributed by atoms with Crippen molar-refractivity contribution >= 4 is 23.2 Å². The molecule has 19 heavy (non-hydrogen) atoms. The summed E-state index contributed by atoms with van der Waals surface area (Å²) in [5.74, 6) is 0.705. The van der Waals surface area contributed by atoms with Gasteiger partial charge in [0.2, 0.25) is 0 Å². The molecule has 1 aliphatic heterocycles. The van der Waals surface area contributed by atoms with Crippen molar-refractivity contribution in [2.75, 3.05) is 33.3 Å². The highest BCUT2D eigenvalue weighted by Crippen LogP contribution is 2.27. The molecule has 0 bridgehead atoms. The molecule has 0 atom stereocenters. The summed E-state index contributed by atoms with van der Waals surface area (Å²) in [6.07, 6.45) is 2.41. The molecule has 1 heterocycles. The molecule has 1 fully saturated rings. The first-order valence-corrected chi connectivity index (χ1v) is 7.42. The molecule has 1 N–H and O–H groups in total. The third kappa shape index (κ3) is 4.53. The van der Waals surface area contributed by atoms with Crippen LogP contribution in [0.15, 0.2) is 18.2 Å². The number of nitrogens with one attached hydrogen (secondary N) is 1. The van der Waals surface area contributed by atoms with Gasteiger partial charge in [-0.3, -0.25) is 4.90 Å². The van der Waals surface area contributed by atoms with Gasteiger partial charge in [0, 0.05) is 17.6 Å². The minimum Gasteiger partial charge on any atom is -0.491 e. The predicted octanol–water partition coefficient (Wildman–Crippen LogP) is 3.06. The maximum atomic E-state index is 6.06. The molecule has 0 spiro atoms. The summed E-state index contributed by atoms with van der Waals surface area (Å²) in [5.41, 5.74) is 0. The molecular weight excluding hydrogens is 283 g/mol. The van der Waals surface area contributed by atoms with Crippen LogP contribution in [-0.2, 0) is 0 Å². The fourth-order valence-electron chi connectivity index (χ4n) is 2.32. The molecule has 1 saturated heterocycles. The van der Waals surface area contributed by atoms with Crippen LogP contribution in [0.3, 0.4) is 0 Å². The van der Waals surface area contributed by atoms with Crippen LogP contribution in [0.2, 0.25) is 10.0 Å². The van der Waals surface area contributed by atoms with Crippen LogP contribution in [-0.4, -0.2) is 44.2 Å². The van der Waals surface area contributed by atoms with Gasteiger partial charge in [-0.2, -0.15) is 0 Å². The molecule has 0 amide bonds. The van der Waals surface area contributed by atoms with Crippen LogP contribution < -0.4 is 10.1 Å². The third-order valence-electron chi connectivity index (χ3n) is 3.55. The van der Waals surface area contributed by atoms with E-state index in [0.717, 1.165) is 19.6 Å². The van der Waals surface area contributed by atoms with Gasteiger partial charge in [-0.25, -0.2) is 0 Å². The highest BCUT2D eigenvalue weighted by molar-refractivity contribution is 6.35. The molecule has 0 saturated carbocycles. The van der Waals surface area contributed by atoms with E-state index in [1.54, 1.807) is 12.1 Å². The number of halogens is 2. The zero-order valence-electron chi connectivity index (χ0n) is 11.2. The fourth-order valence-corrected chi connectivity index (χ4v) is 2.79. The largest absolute Gasteiger partial charge is 0.491 e. The lowest BCUT2D eigenvalue weighted by Gasteiger charge is -2.31. The smallest absolute Gasteiger partial charge is 0.138 e. The van der Waals surface area contributed by atoms with Crippen molar-refractivity contribution in [3.8, 4) is 5.75 Å². The Labute approximate surface area is 124 Å². The number of rotatable bonds is 5. The molecule has 2 rings (SSSR count). The third-order valence-corrected chi connectivity index (χ3v) is 4.09. The van der Waals surface area contributed by atoms with Gasteiger partial charge in [0.15, 0.2) is 0 Å². The molecule has 5 heteroatoms. The van der Waals surface area contributed by atoms with Crippen LogP contribution in [0.1, 0.15) is 12.8 Å². The number of ether oxygens (including phenoxy) is 1. The molecule has 1 aliphatic rings. The topological polar surface area (TPSA) is 24.5 Å². The zero-order chi connectivity index (χ0) is 13.7. The summed E-state index contributed by atoms with van der Waals surface area (Å²) in [6, 6.07) is 5.98. The van der Waals surface area contributed by atoms with Gasteiger partial charge < -0.3 is 10.1 Å². The monoisotopic (exact) mass is 302 g/mol. The first-order valence-electron chi connectivity index (χ1n) is 6.66. The van der Waals surface area contributed by atoms with Crippen LogP contribution in [0.25, 0.3) is 0 Å². The van der Waals surface area contributed by atoms with Crippen molar-refractivity contribution in [1.29, 1.82) is 0 Å². The molecule has 1 aromatic rings. The van der Waals surface area contributed by atoms with Crippen LogP contribution >= 0.6 is 23.2 Å². The van der Waals surface area contributed by atoms with E-state index in [2.05, 4.69) is 10.2 Å². The minimum absolute atomic E-state index is 0.571. The lowest BCUT2D eigenvalue weighted by Crippen LogP contribution is -2.42. The first kappa shape index (κ1) is 14.9. The van der Waals surface area contributed by atoms with E-state index in [0.29, 0.717) is 28.4 Å². The van der Waals surface area contributed by atoms with Crippen LogP contribution in [0, 0.1) is 0 Å². The first-order chi connectivity index (χ1) is 9.19. The quantitative estimate of drug-likeness (QED) is 0.905. The average molecular weight is 303 g/mol. The van der Waals surface area contributed by atoms with Gasteiger partial charge >= 0.3 is 0 Å². The van der Waals surface area contributed by atoms with Crippen LogP contribution in [0.5, 0.6) is 5.75 Å². The summed E-state index contributed by atoms with van der Waals surface area (Å²) < 4.78 is 5.70.